The molecule has 0 saturated heterocycles. The standard InChI is InChI=1S/C20H30O2/c1-17(2)13-5-8-20-10-9-18(3,12-20)16(22)11-14(20)19(13,4)7-6-15(17)21/h9-10,13-15,21H,5-8,11-12H2,1-4H3. The first-order valence-electron chi connectivity index (χ1n) is 9.06. The highest BCUT2D eigenvalue weighted by Crippen LogP contribution is 2.70. The minimum Gasteiger partial charge on any atom is -0.393 e. The Labute approximate surface area is 134 Å². The number of rotatable bonds is 0. The van der Waals surface area contributed by atoms with E-state index in [1.54, 1.807) is 0 Å². The Kier molecular flexibility index (Phi) is 2.76. The van der Waals surface area contributed by atoms with Gasteiger partial charge in [-0.05, 0) is 67.1 Å². The van der Waals surface area contributed by atoms with Crippen molar-refractivity contribution in [3.63, 3.8) is 0 Å². The third kappa shape index (κ3) is 1.58. The summed E-state index contributed by atoms with van der Waals surface area (Å²) in [5.41, 5.74) is 0.239. The zero-order valence-corrected chi connectivity index (χ0v) is 14.5. The lowest BCUT2D eigenvalue weighted by molar-refractivity contribution is -0.180. The molecule has 4 rings (SSSR count). The highest BCUT2D eigenvalue weighted by Gasteiger charge is 2.65. The second-order valence-corrected chi connectivity index (χ2v) is 9.81. The summed E-state index contributed by atoms with van der Waals surface area (Å²) in [6.45, 7) is 9.06. The van der Waals surface area contributed by atoms with E-state index in [1.165, 1.54) is 12.8 Å². The van der Waals surface area contributed by atoms with E-state index in [0.29, 0.717) is 17.6 Å². The van der Waals surface area contributed by atoms with Crippen LogP contribution in [0, 0.1) is 33.5 Å². The number of aliphatic hydroxyl groups excluding tert-OH is 1. The first kappa shape index (κ1) is 14.9. The van der Waals surface area contributed by atoms with E-state index in [-0.39, 0.29) is 27.8 Å². The zero-order chi connectivity index (χ0) is 16.0. The van der Waals surface area contributed by atoms with Gasteiger partial charge in [0.25, 0.3) is 0 Å². The minimum atomic E-state index is -0.191. The third-order valence-electron chi connectivity index (χ3n) is 8.40. The molecule has 6 unspecified atom stereocenters. The van der Waals surface area contributed by atoms with Crippen LogP contribution in [0.25, 0.3) is 0 Å². The average molecular weight is 302 g/mol. The van der Waals surface area contributed by atoms with Crippen LogP contribution in [0.4, 0.5) is 0 Å². The van der Waals surface area contributed by atoms with Crippen molar-refractivity contribution in [2.45, 2.75) is 72.3 Å². The molecule has 2 heteroatoms. The number of hydrogen-bond acceptors (Lipinski definition) is 2. The van der Waals surface area contributed by atoms with E-state index in [0.717, 1.165) is 25.7 Å². The summed E-state index contributed by atoms with van der Waals surface area (Å²) >= 11 is 0. The second kappa shape index (κ2) is 4.06. The molecule has 4 aliphatic rings. The van der Waals surface area contributed by atoms with Crippen molar-refractivity contribution in [1.29, 1.82) is 0 Å². The first-order valence-corrected chi connectivity index (χ1v) is 9.06. The zero-order valence-electron chi connectivity index (χ0n) is 14.5. The van der Waals surface area contributed by atoms with Crippen LogP contribution in [0.2, 0.25) is 0 Å². The van der Waals surface area contributed by atoms with Crippen LogP contribution in [0.15, 0.2) is 12.2 Å². The van der Waals surface area contributed by atoms with Crippen molar-refractivity contribution in [3.05, 3.63) is 12.2 Å². The number of fused-ring (bicyclic) bond motifs is 3. The smallest absolute Gasteiger partial charge is 0.142 e. The van der Waals surface area contributed by atoms with Crippen molar-refractivity contribution in [1.82, 2.24) is 0 Å². The van der Waals surface area contributed by atoms with Gasteiger partial charge >= 0.3 is 0 Å². The molecule has 2 bridgehead atoms. The molecule has 0 aliphatic heterocycles. The highest BCUT2D eigenvalue weighted by molar-refractivity contribution is 5.89. The molecule has 122 valence electrons. The fourth-order valence-corrected chi connectivity index (χ4v) is 7.05. The van der Waals surface area contributed by atoms with E-state index in [9.17, 15) is 9.90 Å². The lowest BCUT2D eigenvalue weighted by atomic mass is 9.40. The molecule has 0 heterocycles. The van der Waals surface area contributed by atoms with Gasteiger partial charge in [-0.1, -0.05) is 32.9 Å². The molecule has 0 aromatic carbocycles. The maximum absolute atomic E-state index is 12.8. The summed E-state index contributed by atoms with van der Waals surface area (Å²) in [6.07, 6.45) is 10.6. The normalized spacial score (nSPS) is 55.7. The number of ketones is 1. The summed E-state index contributed by atoms with van der Waals surface area (Å²) in [6, 6.07) is 0. The van der Waals surface area contributed by atoms with Crippen molar-refractivity contribution in [2.24, 2.45) is 33.5 Å². The van der Waals surface area contributed by atoms with Gasteiger partial charge in [0.1, 0.15) is 5.78 Å². The molecular weight excluding hydrogens is 272 g/mol. The molecule has 0 radical (unpaired) electrons. The minimum absolute atomic E-state index is 0.0271. The van der Waals surface area contributed by atoms with Gasteiger partial charge in [0.2, 0.25) is 0 Å². The van der Waals surface area contributed by atoms with Gasteiger partial charge < -0.3 is 5.11 Å². The summed E-state index contributed by atoms with van der Waals surface area (Å²) in [7, 11) is 0. The SMILES string of the molecule is CC12C=CC3(CCC4C(C)(C)C(O)CCC4(C)C3CC1=O)C2. The largest absolute Gasteiger partial charge is 0.393 e. The average Bonchev–Trinajstić information content (AvgIpc) is 2.73. The predicted molar refractivity (Wildman–Crippen MR) is 87.3 cm³/mol. The Balaban J connectivity index is 1.78. The molecule has 1 spiro atoms. The summed E-state index contributed by atoms with van der Waals surface area (Å²) < 4.78 is 0. The van der Waals surface area contributed by atoms with Crippen molar-refractivity contribution >= 4 is 5.78 Å². The van der Waals surface area contributed by atoms with E-state index in [2.05, 4.69) is 39.8 Å². The lowest BCUT2D eigenvalue weighted by Gasteiger charge is -2.64. The van der Waals surface area contributed by atoms with Crippen molar-refractivity contribution in [3.8, 4) is 0 Å². The summed E-state index contributed by atoms with van der Waals surface area (Å²) in [5, 5.41) is 10.5. The second-order valence-electron chi connectivity index (χ2n) is 9.81. The topological polar surface area (TPSA) is 37.3 Å². The molecule has 0 aromatic heterocycles. The van der Waals surface area contributed by atoms with Gasteiger partial charge in [-0.15, -0.1) is 0 Å². The number of allylic oxidation sites excluding steroid dienone is 2. The number of carbonyl (C=O) groups excluding carboxylic acids is 1. The Morgan fingerprint density at radius 1 is 1.05 bits per heavy atom. The summed E-state index contributed by atoms with van der Waals surface area (Å²) in [5.74, 6) is 1.46. The molecule has 0 aromatic rings. The van der Waals surface area contributed by atoms with Crippen LogP contribution in [-0.4, -0.2) is 17.0 Å². The van der Waals surface area contributed by atoms with Gasteiger partial charge in [0.05, 0.1) is 6.10 Å². The Bertz CT molecular complexity index is 562. The molecule has 6 atom stereocenters. The maximum atomic E-state index is 12.8. The molecule has 22 heavy (non-hydrogen) atoms. The van der Waals surface area contributed by atoms with Gasteiger partial charge in [0.15, 0.2) is 0 Å². The number of carbonyl (C=O) groups is 1. The molecule has 4 aliphatic carbocycles. The maximum Gasteiger partial charge on any atom is 0.142 e. The molecule has 0 amide bonds. The lowest BCUT2D eigenvalue weighted by Crippen LogP contribution is -2.60. The van der Waals surface area contributed by atoms with Gasteiger partial charge in [0, 0.05) is 11.8 Å². The molecule has 3 fully saturated rings. The van der Waals surface area contributed by atoms with Crippen molar-refractivity contribution < 1.29 is 9.90 Å². The first-order chi connectivity index (χ1) is 10.1. The number of Topliss-reactive ketones (excluding diaryl/α,β-unsaturated/α-hetero) is 1. The fraction of sp³-hybridized carbons (Fsp3) is 0.850. The molecule has 1 N–H and O–H groups in total. The van der Waals surface area contributed by atoms with Crippen LogP contribution in [-0.2, 0) is 4.79 Å². The van der Waals surface area contributed by atoms with Gasteiger partial charge in [-0.25, -0.2) is 0 Å². The van der Waals surface area contributed by atoms with E-state index < -0.39 is 0 Å². The molecular formula is C20H30O2. The third-order valence-corrected chi connectivity index (χ3v) is 8.40. The Morgan fingerprint density at radius 2 is 1.77 bits per heavy atom. The van der Waals surface area contributed by atoms with E-state index >= 15 is 0 Å². The summed E-state index contributed by atoms with van der Waals surface area (Å²) in [4.78, 5) is 12.8. The molecule has 3 saturated carbocycles. The van der Waals surface area contributed by atoms with Crippen LogP contribution in [0.3, 0.4) is 0 Å². The van der Waals surface area contributed by atoms with Gasteiger partial charge in [-0.2, -0.15) is 0 Å². The Hall–Kier alpha value is -0.630. The van der Waals surface area contributed by atoms with E-state index in [4.69, 9.17) is 0 Å². The predicted octanol–water partition coefficient (Wildman–Crippen LogP) is 4.13. The van der Waals surface area contributed by atoms with Crippen LogP contribution in [0.1, 0.15) is 66.2 Å². The monoisotopic (exact) mass is 302 g/mol. The van der Waals surface area contributed by atoms with E-state index in [1.807, 2.05) is 0 Å². The Morgan fingerprint density at radius 3 is 2.50 bits per heavy atom. The van der Waals surface area contributed by atoms with Gasteiger partial charge in [-0.3, -0.25) is 4.79 Å². The number of hydrogen-bond donors (Lipinski definition) is 1. The molecule has 2 nitrogen and oxygen atoms in total. The quantitative estimate of drug-likeness (QED) is 0.683. The van der Waals surface area contributed by atoms with Crippen molar-refractivity contribution in [2.75, 3.05) is 0 Å². The van der Waals surface area contributed by atoms with Crippen LogP contribution >= 0.6 is 0 Å². The number of aliphatic hydroxyl groups is 1. The highest BCUT2D eigenvalue weighted by atomic mass is 16.3. The fourth-order valence-electron chi connectivity index (χ4n) is 7.05. The van der Waals surface area contributed by atoms with Crippen LogP contribution < -0.4 is 0 Å². The van der Waals surface area contributed by atoms with Crippen LogP contribution in [0.5, 0.6) is 0 Å².